The second kappa shape index (κ2) is 9.42. The van der Waals surface area contributed by atoms with Crippen molar-refractivity contribution in [3.05, 3.63) is 47.7 Å². The zero-order chi connectivity index (χ0) is 28.2. The number of benzene rings is 1. The number of nitrogens with two attached hydrogens (primary N) is 1. The van der Waals surface area contributed by atoms with Gasteiger partial charge in [-0.05, 0) is 45.6 Å². The predicted molar refractivity (Wildman–Crippen MR) is 148 cm³/mol. The summed E-state index contributed by atoms with van der Waals surface area (Å²) in [5.41, 5.74) is 6.50. The van der Waals surface area contributed by atoms with Crippen LogP contribution >= 0.6 is 0 Å². The molecule has 4 heterocycles. The largest absolute Gasteiger partial charge is 0.481 e. The van der Waals surface area contributed by atoms with E-state index in [4.69, 9.17) is 20.2 Å². The smallest absolute Gasteiger partial charge is 0.309 e. The number of rotatable bonds is 7. The molecular weight excluding hydrogens is 510 g/mol. The molecule has 2 aliphatic rings. The average molecular weight is 544 g/mol. The Morgan fingerprint density at radius 3 is 2.70 bits per heavy atom. The van der Waals surface area contributed by atoms with E-state index in [1.54, 1.807) is 20.8 Å². The van der Waals surface area contributed by atoms with Crippen molar-refractivity contribution >= 4 is 34.4 Å². The molecule has 0 radical (unpaired) electrons. The van der Waals surface area contributed by atoms with Crippen molar-refractivity contribution in [2.45, 2.75) is 71.3 Å². The number of nitrogen functional groups attached to an aromatic ring is 1. The number of hydrogen-bond donors (Lipinski definition) is 3. The molecule has 0 spiro atoms. The van der Waals surface area contributed by atoms with Crippen molar-refractivity contribution in [3.8, 4) is 11.5 Å². The third kappa shape index (κ3) is 4.20. The van der Waals surface area contributed by atoms with E-state index >= 15 is 0 Å². The van der Waals surface area contributed by atoms with E-state index in [0.29, 0.717) is 28.7 Å². The Hall–Kier alpha value is -4.28. The second-order valence-electron chi connectivity index (χ2n) is 11.8. The number of para-hydroxylation sites is 1. The molecule has 208 valence electrons. The first-order chi connectivity index (χ1) is 19.1. The Morgan fingerprint density at radius 1 is 1.20 bits per heavy atom. The number of hydrogen-bond acceptors (Lipinski definition) is 8. The minimum absolute atomic E-state index is 0.102. The predicted octanol–water partition coefficient (Wildman–Crippen LogP) is 4.56. The lowest BCUT2D eigenvalue weighted by atomic mass is 9.84. The quantitative estimate of drug-likeness (QED) is 0.303. The van der Waals surface area contributed by atoms with Crippen LogP contribution in [0.4, 0.5) is 11.6 Å². The van der Waals surface area contributed by atoms with Crippen LogP contribution in [0.2, 0.25) is 0 Å². The molecule has 1 aromatic carbocycles. The highest BCUT2D eigenvalue weighted by Gasteiger charge is 2.51. The summed E-state index contributed by atoms with van der Waals surface area (Å²) in [6, 6.07) is 8.00. The van der Waals surface area contributed by atoms with Crippen molar-refractivity contribution in [2.75, 3.05) is 11.1 Å². The molecule has 0 bridgehead atoms. The first-order valence-corrected chi connectivity index (χ1v) is 13.7. The maximum atomic E-state index is 13.3. The Morgan fingerprint density at radius 2 is 1.95 bits per heavy atom. The van der Waals surface area contributed by atoms with Crippen LogP contribution in [0, 0.1) is 11.3 Å². The number of anilines is 2. The molecule has 1 aliphatic carbocycles. The van der Waals surface area contributed by atoms with Crippen LogP contribution in [0.5, 0.6) is 0 Å². The van der Waals surface area contributed by atoms with Gasteiger partial charge in [0.25, 0.3) is 0 Å². The third-order valence-electron chi connectivity index (χ3n) is 8.33. The second-order valence-corrected chi connectivity index (χ2v) is 11.8. The van der Waals surface area contributed by atoms with Gasteiger partial charge in [-0.25, -0.2) is 15.0 Å². The van der Waals surface area contributed by atoms with Crippen molar-refractivity contribution in [2.24, 2.45) is 11.3 Å². The van der Waals surface area contributed by atoms with Gasteiger partial charge in [0.15, 0.2) is 11.2 Å². The van der Waals surface area contributed by atoms with Gasteiger partial charge >= 0.3 is 5.97 Å². The lowest BCUT2D eigenvalue weighted by molar-refractivity contribution is -0.146. The van der Waals surface area contributed by atoms with Gasteiger partial charge in [0, 0.05) is 18.4 Å². The minimum atomic E-state index is -1.38. The number of amides is 1. The number of nitrogens with one attached hydrogen (secondary N) is 1. The van der Waals surface area contributed by atoms with Crippen molar-refractivity contribution in [1.82, 2.24) is 24.7 Å². The van der Waals surface area contributed by atoms with Gasteiger partial charge in [0.1, 0.15) is 23.6 Å². The summed E-state index contributed by atoms with van der Waals surface area (Å²) in [6.07, 6.45) is 7.72. The summed E-state index contributed by atoms with van der Waals surface area (Å²) < 4.78 is 7.76. The highest BCUT2D eigenvalue weighted by molar-refractivity contribution is 6.08. The van der Waals surface area contributed by atoms with Crippen LogP contribution in [0.15, 0.2) is 34.9 Å². The van der Waals surface area contributed by atoms with Gasteiger partial charge in [-0.1, -0.05) is 37.5 Å². The van der Waals surface area contributed by atoms with E-state index < -0.39 is 22.7 Å². The summed E-state index contributed by atoms with van der Waals surface area (Å²) in [5.74, 6) is 0.0674. The molecule has 11 heteroatoms. The van der Waals surface area contributed by atoms with Crippen LogP contribution in [-0.2, 0) is 28.0 Å². The highest BCUT2D eigenvalue weighted by Crippen LogP contribution is 2.45. The molecular formula is C29H33N7O4. The Balaban J connectivity index is 1.37. The lowest BCUT2D eigenvalue weighted by Gasteiger charge is -2.21. The van der Waals surface area contributed by atoms with Crippen molar-refractivity contribution < 1.29 is 19.1 Å². The fourth-order valence-electron chi connectivity index (χ4n) is 5.91. The Labute approximate surface area is 231 Å². The van der Waals surface area contributed by atoms with Gasteiger partial charge in [0.2, 0.25) is 11.8 Å². The number of fused-ring (bicyclic) bond motifs is 2. The molecule has 4 N–H and O–H groups in total. The van der Waals surface area contributed by atoms with E-state index in [1.165, 1.54) is 38.4 Å². The number of nitrogens with zero attached hydrogens (tertiary/aromatic N) is 5. The molecule has 1 aliphatic heterocycles. The topological polar surface area (TPSA) is 162 Å². The molecule has 6 rings (SSSR count). The van der Waals surface area contributed by atoms with Gasteiger partial charge in [0.05, 0.1) is 22.2 Å². The summed E-state index contributed by atoms with van der Waals surface area (Å²) in [4.78, 5) is 38.7. The molecule has 1 fully saturated rings. The fraction of sp³-hybridized carbons (Fsp3) is 0.448. The molecule has 3 aromatic heterocycles. The van der Waals surface area contributed by atoms with Crippen LogP contribution in [0.25, 0.3) is 22.4 Å². The highest BCUT2D eigenvalue weighted by atomic mass is 16.4. The Bertz CT molecular complexity index is 1630. The first kappa shape index (κ1) is 26.0. The van der Waals surface area contributed by atoms with E-state index in [9.17, 15) is 14.7 Å². The number of carboxylic acid groups (broad SMARTS) is 1. The molecule has 4 aromatic rings. The first-order valence-electron chi connectivity index (χ1n) is 13.7. The summed E-state index contributed by atoms with van der Waals surface area (Å²) >= 11 is 0. The molecule has 1 amide bonds. The molecule has 0 saturated heterocycles. The van der Waals surface area contributed by atoms with Gasteiger partial charge in [-0.2, -0.15) is 5.10 Å². The van der Waals surface area contributed by atoms with Crippen LogP contribution in [0.1, 0.15) is 70.0 Å². The average Bonchev–Trinajstić information content (AvgIpc) is 3.60. The number of aliphatic carboxylic acids is 1. The molecule has 1 unspecified atom stereocenters. The molecule has 11 nitrogen and oxygen atoms in total. The maximum absolute atomic E-state index is 13.3. The van der Waals surface area contributed by atoms with Crippen molar-refractivity contribution in [1.29, 1.82) is 0 Å². The normalized spacial score (nSPS) is 19.6. The summed E-state index contributed by atoms with van der Waals surface area (Å²) in [7, 11) is 0. The maximum Gasteiger partial charge on any atom is 0.309 e. The standard InChI is InChI=1S/C29H33N7O4/c1-28(2,27(38)39)13-17-15-40-26(31-17)29(3)20-22(30)32-24(33-23(20)34-25(29)37)21-18-11-7-8-12-19(18)36(35-21)14-16-9-5-4-6-10-16/h7-8,11-12,15-16H,4-6,9-10,13-14H2,1-3H3,(H,38,39)(H3,30,32,33,34,37). The minimum Gasteiger partial charge on any atom is -0.481 e. The number of carbonyl (C=O) groups excluding carboxylic acids is 1. The SMILES string of the molecule is CC(C)(Cc1coc(C2(C)C(=O)Nc3nc(-c4nn(CC5CCCCC5)c5ccccc45)nc(N)c32)n1)C(=O)O. The monoisotopic (exact) mass is 543 g/mol. The molecule has 1 saturated carbocycles. The lowest BCUT2D eigenvalue weighted by Crippen LogP contribution is -2.33. The summed E-state index contributed by atoms with van der Waals surface area (Å²) in [6.45, 7) is 5.70. The van der Waals surface area contributed by atoms with Crippen LogP contribution in [-0.4, -0.2) is 41.7 Å². The number of carboxylic acids is 1. The third-order valence-corrected chi connectivity index (χ3v) is 8.33. The van der Waals surface area contributed by atoms with Crippen LogP contribution < -0.4 is 11.1 Å². The number of carbonyl (C=O) groups is 2. The molecule has 40 heavy (non-hydrogen) atoms. The Kier molecular flexibility index (Phi) is 6.12. The number of aromatic nitrogens is 5. The van der Waals surface area contributed by atoms with Gasteiger partial charge in [-0.15, -0.1) is 0 Å². The fourth-order valence-corrected chi connectivity index (χ4v) is 5.91. The summed E-state index contributed by atoms with van der Waals surface area (Å²) in [5, 5.41) is 18.2. The van der Waals surface area contributed by atoms with Crippen LogP contribution in [0.3, 0.4) is 0 Å². The van der Waals surface area contributed by atoms with E-state index in [2.05, 4.69) is 21.4 Å². The van der Waals surface area contributed by atoms with Gasteiger partial charge in [-0.3, -0.25) is 14.3 Å². The van der Waals surface area contributed by atoms with E-state index in [-0.39, 0.29) is 23.9 Å². The molecule has 1 atom stereocenters. The zero-order valence-electron chi connectivity index (χ0n) is 22.9. The van der Waals surface area contributed by atoms with E-state index in [1.807, 2.05) is 22.9 Å². The van der Waals surface area contributed by atoms with E-state index in [0.717, 1.165) is 17.4 Å². The van der Waals surface area contributed by atoms with Gasteiger partial charge < -0.3 is 20.6 Å². The number of oxazole rings is 1. The zero-order valence-corrected chi connectivity index (χ0v) is 22.9. The van der Waals surface area contributed by atoms with Crippen molar-refractivity contribution in [3.63, 3.8) is 0 Å².